The second kappa shape index (κ2) is 6.74. The Morgan fingerprint density at radius 2 is 2.06 bits per heavy atom. The van der Waals surface area contributed by atoms with Gasteiger partial charge in [0.1, 0.15) is 0 Å². The predicted molar refractivity (Wildman–Crippen MR) is 76.1 cm³/mol. The normalized spacial score (nSPS) is 13.9. The first kappa shape index (κ1) is 15.0. The average molecular weight is 276 g/mol. The molecular formula is C13H22ClNOS. The zero-order valence-corrected chi connectivity index (χ0v) is 12.6. The van der Waals surface area contributed by atoms with Crippen molar-refractivity contribution in [3.63, 3.8) is 0 Å². The number of rotatable bonds is 7. The van der Waals surface area contributed by atoms with E-state index in [1.807, 2.05) is 11.4 Å². The lowest BCUT2D eigenvalue weighted by Crippen LogP contribution is -2.44. The van der Waals surface area contributed by atoms with E-state index in [2.05, 4.69) is 26.1 Å². The van der Waals surface area contributed by atoms with E-state index in [0.29, 0.717) is 0 Å². The van der Waals surface area contributed by atoms with E-state index in [4.69, 9.17) is 16.3 Å². The molecule has 0 aliphatic heterocycles. The van der Waals surface area contributed by atoms with Crippen LogP contribution in [0.3, 0.4) is 0 Å². The summed E-state index contributed by atoms with van der Waals surface area (Å²) < 4.78 is 5.82. The van der Waals surface area contributed by atoms with Crippen molar-refractivity contribution in [2.24, 2.45) is 0 Å². The SMILES string of the molecule is CCNC(c1sccc1Cl)C(CC)(CC)OC. The molecule has 0 aromatic carbocycles. The summed E-state index contributed by atoms with van der Waals surface area (Å²) >= 11 is 7.96. The highest BCUT2D eigenvalue weighted by Crippen LogP contribution is 2.40. The van der Waals surface area contributed by atoms with E-state index in [-0.39, 0.29) is 11.6 Å². The molecular weight excluding hydrogens is 254 g/mol. The van der Waals surface area contributed by atoms with Crippen molar-refractivity contribution >= 4 is 22.9 Å². The van der Waals surface area contributed by atoms with E-state index < -0.39 is 0 Å². The number of halogens is 1. The summed E-state index contributed by atoms with van der Waals surface area (Å²) in [6.45, 7) is 7.35. The van der Waals surface area contributed by atoms with E-state index in [1.165, 1.54) is 4.88 Å². The molecule has 0 spiro atoms. The predicted octanol–water partition coefficient (Wildman–Crippen LogP) is 4.26. The van der Waals surface area contributed by atoms with Gasteiger partial charge in [0.25, 0.3) is 0 Å². The summed E-state index contributed by atoms with van der Waals surface area (Å²) in [7, 11) is 1.79. The third-order valence-corrected chi connectivity index (χ3v) is 4.87. The molecule has 1 atom stereocenters. The molecule has 98 valence electrons. The molecule has 1 N–H and O–H groups in total. The van der Waals surface area contributed by atoms with Crippen LogP contribution in [0.2, 0.25) is 5.02 Å². The summed E-state index contributed by atoms with van der Waals surface area (Å²) in [5.41, 5.74) is -0.176. The fourth-order valence-corrected chi connectivity index (χ4v) is 3.64. The Bertz CT molecular complexity index is 328. The van der Waals surface area contributed by atoms with Gasteiger partial charge in [0.15, 0.2) is 0 Å². The summed E-state index contributed by atoms with van der Waals surface area (Å²) in [6.07, 6.45) is 1.93. The van der Waals surface area contributed by atoms with E-state index >= 15 is 0 Å². The van der Waals surface area contributed by atoms with Gasteiger partial charge in [-0.2, -0.15) is 0 Å². The smallest absolute Gasteiger partial charge is 0.0875 e. The molecule has 4 heteroatoms. The molecule has 0 bridgehead atoms. The van der Waals surface area contributed by atoms with Crippen LogP contribution in [-0.4, -0.2) is 19.3 Å². The third kappa shape index (κ3) is 3.02. The quantitative estimate of drug-likeness (QED) is 0.803. The van der Waals surface area contributed by atoms with E-state index in [1.54, 1.807) is 18.4 Å². The highest BCUT2D eigenvalue weighted by Gasteiger charge is 2.38. The van der Waals surface area contributed by atoms with Gasteiger partial charge in [0.2, 0.25) is 0 Å². The average Bonchev–Trinajstić information content (AvgIpc) is 2.77. The highest BCUT2D eigenvalue weighted by molar-refractivity contribution is 7.10. The van der Waals surface area contributed by atoms with Gasteiger partial charge in [-0.3, -0.25) is 0 Å². The van der Waals surface area contributed by atoms with Crippen molar-refractivity contribution in [2.75, 3.05) is 13.7 Å². The Hall–Kier alpha value is -0.0900. The van der Waals surface area contributed by atoms with Crippen LogP contribution >= 0.6 is 22.9 Å². The summed E-state index contributed by atoms with van der Waals surface area (Å²) in [4.78, 5) is 1.18. The molecule has 1 aromatic heterocycles. The van der Waals surface area contributed by atoms with Crippen molar-refractivity contribution in [3.05, 3.63) is 21.3 Å². The molecule has 1 unspecified atom stereocenters. The minimum absolute atomic E-state index is 0.167. The largest absolute Gasteiger partial charge is 0.376 e. The highest BCUT2D eigenvalue weighted by atomic mass is 35.5. The standard InChI is InChI=1S/C13H22ClNOS/c1-5-13(6-2,16-4)12(15-7-3)11-10(14)8-9-17-11/h8-9,12,15H,5-7H2,1-4H3. The lowest BCUT2D eigenvalue weighted by Gasteiger charge is -2.38. The van der Waals surface area contributed by atoms with Crippen LogP contribution in [-0.2, 0) is 4.74 Å². The second-order valence-electron chi connectivity index (χ2n) is 4.10. The number of hydrogen-bond acceptors (Lipinski definition) is 3. The van der Waals surface area contributed by atoms with Crippen molar-refractivity contribution in [2.45, 2.75) is 45.3 Å². The van der Waals surface area contributed by atoms with E-state index in [9.17, 15) is 0 Å². The Balaban J connectivity index is 3.11. The minimum Gasteiger partial charge on any atom is -0.376 e. The van der Waals surface area contributed by atoms with Crippen LogP contribution in [0, 0.1) is 0 Å². The van der Waals surface area contributed by atoms with Crippen LogP contribution < -0.4 is 5.32 Å². The van der Waals surface area contributed by atoms with Gasteiger partial charge in [0.05, 0.1) is 16.7 Å². The van der Waals surface area contributed by atoms with Gasteiger partial charge < -0.3 is 10.1 Å². The molecule has 2 nitrogen and oxygen atoms in total. The monoisotopic (exact) mass is 275 g/mol. The first-order chi connectivity index (χ1) is 8.15. The van der Waals surface area contributed by atoms with Crippen molar-refractivity contribution in [3.8, 4) is 0 Å². The second-order valence-corrected chi connectivity index (χ2v) is 5.45. The van der Waals surface area contributed by atoms with Crippen LogP contribution in [0.4, 0.5) is 0 Å². The van der Waals surface area contributed by atoms with Crippen LogP contribution in [0.1, 0.15) is 44.5 Å². The summed E-state index contributed by atoms with van der Waals surface area (Å²) in [5, 5.41) is 6.39. The molecule has 17 heavy (non-hydrogen) atoms. The molecule has 1 heterocycles. The van der Waals surface area contributed by atoms with Crippen LogP contribution in [0.25, 0.3) is 0 Å². The van der Waals surface area contributed by atoms with Crippen molar-refractivity contribution < 1.29 is 4.74 Å². The molecule has 0 aliphatic rings. The fraction of sp³-hybridized carbons (Fsp3) is 0.692. The molecule has 0 radical (unpaired) electrons. The maximum absolute atomic E-state index is 6.26. The number of nitrogens with one attached hydrogen (secondary N) is 1. The maximum Gasteiger partial charge on any atom is 0.0875 e. The van der Waals surface area contributed by atoms with Gasteiger partial charge >= 0.3 is 0 Å². The summed E-state index contributed by atoms with van der Waals surface area (Å²) in [6, 6.07) is 2.12. The molecule has 1 aromatic rings. The van der Waals surface area contributed by atoms with E-state index in [0.717, 1.165) is 24.4 Å². The molecule has 0 fully saturated rings. The first-order valence-electron chi connectivity index (χ1n) is 6.16. The van der Waals surface area contributed by atoms with Gasteiger partial charge in [-0.15, -0.1) is 11.3 Å². The Morgan fingerprint density at radius 3 is 2.41 bits per heavy atom. The number of thiophene rings is 1. The van der Waals surface area contributed by atoms with Gasteiger partial charge in [-0.1, -0.05) is 32.4 Å². The molecule has 0 saturated carbocycles. The van der Waals surface area contributed by atoms with Crippen molar-refractivity contribution in [1.82, 2.24) is 5.32 Å². The van der Waals surface area contributed by atoms with Crippen LogP contribution in [0.15, 0.2) is 11.4 Å². The number of ether oxygens (including phenoxy) is 1. The zero-order valence-electron chi connectivity index (χ0n) is 11.0. The van der Waals surface area contributed by atoms with Crippen molar-refractivity contribution in [1.29, 1.82) is 0 Å². The number of likely N-dealkylation sites (N-methyl/N-ethyl adjacent to an activating group) is 1. The molecule has 0 amide bonds. The Morgan fingerprint density at radius 1 is 1.41 bits per heavy atom. The van der Waals surface area contributed by atoms with Crippen LogP contribution in [0.5, 0.6) is 0 Å². The topological polar surface area (TPSA) is 21.3 Å². The maximum atomic E-state index is 6.26. The summed E-state index contributed by atoms with van der Waals surface area (Å²) in [5.74, 6) is 0. The zero-order chi connectivity index (χ0) is 12.9. The van der Waals surface area contributed by atoms with Gasteiger partial charge in [0, 0.05) is 12.0 Å². The lowest BCUT2D eigenvalue weighted by atomic mass is 9.87. The lowest BCUT2D eigenvalue weighted by molar-refractivity contribution is -0.0473. The van der Waals surface area contributed by atoms with Gasteiger partial charge in [-0.25, -0.2) is 0 Å². The third-order valence-electron chi connectivity index (χ3n) is 3.44. The van der Waals surface area contributed by atoms with Gasteiger partial charge in [-0.05, 0) is 30.8 Å². The Labute approximate surface area is 113 Å². The fourth-order valence-electron chi connectivity index (χ4n) is 2.30. The Kier molecular flexibility index (Phi) is 5.93. The number of hydrogen-bond donors (Lipinski definition) is 1. The minimum atomic E-state index is -0.176. The first-order valence-corrected chi connectivity index (χ1v) is 7.42. The molecule has 0 saturated heterocycles. The molecule has 0 aliphatic carbocycles. The number of methoxy groups -OCH3 is 1. The molecule has 1 rings (SSSR count).